The molecule has 2 aromatic rings. The van der Waals surface area contributed by atoms with Gasteiger partial charge in [0.1, 0.15) is 17.2 Å². The SMILES string of the molecule is COc1ccc(OCC(=O)NCCc2cccc(OC)c2)cc1. The van der Waals surface area contributed by atoms with Crippen LogP contribution in [0.4, 0.5) is 0 Å². The zero-order chi connectivity index (χ0) is 16.5. The summed E-state index contributed by atoms with van der Waals surface area (Å²) >= 11 is 0. The first kappa shape index (κ1) is 16.7. The number of hydrogen-bond acceptors (Lipinski definition) is 4. The first-order chi connectivity index (χ1) is 11.2. The molecule has 0 atom stereocenters. The van der Waals surface area contributed by atoms with Crippen molar-refractivity contribution in [3.63, 3.8) is 0 Å². The predicted molar refractivity (Wildman–Crippen MR) is 88.2 cm³/mol. The van der Waals surface area contributed by atoms with Crippen molar-refractivity contribution in [2.45, 2.75) is 6.42 Å². The summed E-state index contributed by atoms with van der Waals surface area (Å²) in [5, 5.41) is 2.83. The molecule has 5 heteroatoms. The van der Waals surface area contributed by atoms with Crippen LogP contribution in [0.1, 0.15) is 5.56 Å². The Balaban J connectivity index is 1.70. The summed E-state index contributed by atoms with van der Waals surface area (Å²) in [7, 11) is 3.24. The third-order valence-corrected chi connectivity index (χ3v) is 3.30. The van der Waals surface area contributed by atoms with Gasteiger partial charge in [0.25, 0.3) is 5.91 Å². The van der Waals surface area contributed by atoms with Crippen LogP contribution in [0.2, 0.25) is 0 Å². The molecular weight excluding hydrogens is 294 g/mol. The highest BCUT2D eigenvalue weighted by molar-refractivity contribution is 5.77. The molecule has 0 fully saturated rings. The van der Waals surface area contributed by atoms with Crippen LogP contribution in [0.25, 0.3) is 0 Å². The lowest BCUT2D eigenvalue weighted by molar-refractivity contribution is -0.123. The summed E-state index contributed by atoms with van der Waals surface area (Å²) in [4.78, 5) is 11.8. The van der Waals surface area contributed by atoms with E-state index in [9.17, 15) is 4.79 Å². The van der Waals surface area contributed by atoms with E-state index in [1.165, 1.54) is 0 Å². The van der Waals surface area contributed by atoms with Gasteiger partial charge in [-0.25, -0.2) is 0 Å². The first-order valence-electron chi connectivity index (χ1n) is 7.38. The van der Waals surface area contributed by atoms with E-state index in [0.717, 1.165) is 23.5 Å². The minimum atomic E-state index is -0.149. The second-order valence-corrected chi connectivity index (χ2v) is 4.92. The molecule has 1 N–H and O–H groups in total. The Kier molecular flexibility index (Phi) is 6.29. The van der Waals surface area contributed by atoms with E-state index in [2.05, 4.69) is 5.32 Å². The Bertz CT molecular complexity index is 625. The number of carbonyl (C=O) groups excluding carboxylic acids is 1. The van der Waals surface area contributed by atoms with Crippen molar-refractivity contribution < 1.29 is 19.0 Å². The van der Waals surface area contributed by atoms with E-state index < -0.39 is 0 Å². The smallest absolute Gasteiger partial charge is 0.257 e. The topological polar surface area (TPSA) is 56.8 Å². The monoisotopic (exact) mass is 315 g/mol. The van der Waals surface area contributed by atoms with Crippen LogP contribution in [0.15, 0.2) is 48.5 Å². The van der Waals surface area contributed by atoms with Crippen molar-refractivity contribution in [2.75, 3.05) is 27.4 Å². The van der Waals surface area contributed by atoms with Gasteiger partial charge in [0.05, 0.1) is 14.2 Å². The Morgan fingerprint density at radius 2 is 1.65 bits per heavy atom. The van der Waals surface area contributed by atoms with Crippen LogP contribution in [0, 0.1) is 0 Å². The summed E-state index contributed by atoms with van der Waals surface area (Å²) in [5.41, 5.74) is 1.11. The molecule has 0 heterocycles. The fourth-order valence-corrected chi connectivity index (χ4v) is 2.05. The summed E-state index contributed by atoms with van der Waals surface area (Å²) in [5.74, 6) is 2.05. The molecule has 0 spiro atoms. The number of amides is 1. The van der Waals surface area contributed by atoms with Crippen LogP contribution in [-0.2, 0) is 11.2 Å². The first-order valence-corrected chi connectivity index (χ1v) is 7.38. The molecule has 0 aliphatic carbocycles. The lowest BCUT2D eigenvalue weighted by atomic mass is 10.1. The zero-order valence-electron chi connectivity index (χ0n) is 13.4. The molecule has 2 rings (SSSR count). The Morgan fingerprint density at radius 3 is 2.35 bits per heavy atom. The van der Waals surface area contributed by atoms with Gasteiger partial charge in [-0.05, 0) is 48.4 Å². The Labute approximate surface area is 136 Å². The zero-order valence-corrected chi connectivity index (χ0v) is 13.4. The van der Waals surface area contributed by atoms with Gasteiger partial charge in [0.15, 0.2) is 6.61 Å². The molecule has 0 unspecified atom stereocenters. The van der Waals surface area contributed by atoms with Crippen molar-refractivity contribution in [2.24, 2.45) is 0 Å². The summed E-state index contributed by atoms with van der Waals surface area (Å²) in [6, 6.07) is 14.9. The summed E-state index contributed by atoms with van der Waals surface area (Å²) in [6.07, 6.45) is 0.742. The lowest BCUT2D eigenvalue weighted by Crippen LogP contribution is -2.30. The van der Waals surface area contributed by atoms with E-state index in [-0.39, 0.29) is 12.5 Å². The van der Waals surface area contributed by atoms with Crippen molar-refractivity contribution in [3.05, 3.63) is 54.1 Å². The molecule has 0 saturated heterocycles. The molecule has 5 nitrogen and oxygen atoms in total. The molecular formula is C18H21NO4. The molecule has 0 radical (unpaired) electrons. The van der Waals surface area contributed by atoms with Crippen LogP contribution in [0.3, 0.4) is 0 Å². The summed E-state index contributed by atoms with van der Waals surface area (Å²) < 4.78 is 15.7. The van der Waals surface area contributed by atoms with E-state index in [0.29, 0.717) is 12.3 Å². The molecule has 0 saturated carbocycles. The van der Waals surface area contributed by atoms with Gasteiger partial charge in [0.2, 0.25) is 0 Å². The number of carbonyl (C=O) groups is 1. The third kappa shape index (κ3) is 5.54. The van der Waals surface area contributed by atoms with Crippen molar-refractivity contribution >= 4 is 5.91 Å². The van der Waals surface area contributed by atoms with E-state index in [1.54, 1.807) is 38.5 Å². The van der Waals surface area contributed by atoms with E-state index in [1.807, 2.05) is 24.3 Å². The minimum Gasteiger partial charge on any atom is -0.497 e. The largest absolute Gasteiger partial charge is 0.497 e. The number of nitrogens with one attached hydrogen (secondary N) is 1. The lowest BCUT2D eigenvalue weighted by Gasteiger charge is -2.08. The maximum atomic E-state index is 11.8. The highest BCUT2D eigenvalue weighted by atomic mass is 16.5. The molecule has 0 aliphatic heterocycles. The quantitative estimate of drug-likeness (QED) is 0.813. The van der Waals surface area contributed by atoms with Crippen molar-refractivity contribution in [1.29, 1.82) is 0 Å². The highest BCUT2D eigenvalue weighted by Crippen LogP contribution is 2.16. The molecule has 0 aromatic heterocycles. The van der Waals surface area contributed by atoms with Gasteiger partial charge in [0, 0.05) is 6.54 Å². The third-order valence-electron chi connectivity index (χ3n) is 3.30. The number of ether oxygens (including phenoxy) is 3. The summed E-state index contributed by atoms with van der Waals surface area (Å²) in [6.45, 7) is 0.544. The van der Waals surface area contributed by atoms with Crippen LogP contribution < -0.4 is 19.5 Å². The normalized spacial score (nSPS) is 10.0. The van der Waals surface area contributed by atoms with E-state index >= 15 is 0 Å². The predicted octanol–water partition coefficient (Wildman–Crippen LogP) is 2.44. The number of rotatable bonds is 8. The second-order valence-electron chi connectivity index (χ2n) is 4.92. The van der Waals surface area contributed by atoms with Gasteiger partial charge < -0.3 is 19.5 Å². The molecule has 23 heavy (non-hydrogen) atoms. The Hall–Kier alpha value is -2.69. The highest BCUT2D eigenvalue weighted by Gasteiger charge is 2.03. The average Bonchev–Trinajstić information content (AvgIpc) is 2.60. The fraction of sp³-hybridized carbons (Fsp3) is 0.278. The molecule has 2 aromatic carbocycles. The fourth-order valence-electron chi connectivity index (χ4n) is 2.05. The number of methoxy groups -OCH3 is 2. The second kappa shape index (κ2) is 8.68. The van der Waals surface area contributed by atoms with Gasteiger partial charge in [-0.2, -0.15) is 0 Å². The van der Waals surface area contributed by atoms with Crippen LogP contribution in [-0.4, -0.2) is 33.3 Å². The standard InChI is InChI=1S/C18H21NO4/c1-21-15-6-8-16(9-7-15)23-13-18(20)19-11-10-14-4-3-5-17(12-14)22-2/h3-9,12H,10-11,13H2,1-2H3,(H,19,20). The maximum Gasteiger partial charge on any atom is 0.257 e. The van der Waals surface area contributed by atoms with Crippen LogP contribution >= 0.6 is 0 Å². The maximum absolute atomic E-state index is 11.8. The number of hydrogen-bond donors (Lipinski definition) is 1. The van der Waals surface area contributed by atoms with Crippen molar-refractivity contribution in [3.8, 4) is 17.2 Å². The molecule has 1 amide bonds. The Morgan fingerprint density at radius 1 is 0.957 bits per heavy atom. The van der Waals surface area contributed by atoms with Gasteiger partial charge in [-0.1, -0.05) is 12.1 Å². The van der Waals surface area contributed by atoms with Crippen molar-refractivity contribution in [1.82, 2.24) is 5.32 Å². The van der Waals surface area contributed by atoms with Gasteiger partial charge in [-0.3, -0.25) is 4.79 Å². The number of benzene rings is 2. The van der Waals surface area contributed by atoms with Gasteiger partial charge >= 0.3 is 0 Å². The molecule has 0 bridgehead atoms. The average molecular weight is 315 g/mol. The van der Waals surface area contributed by atoms with Crippen LogP contribution in [0.5, 0.6) is 17.2 Å². The minimum absolute atomic E-state index is 0.00948. The molecule has 122 valence electrons. The molecule has 0 aliphatic rings. The van der Waals surface area contributed by atoms with E-state index in [4.69, 9.17) is 14.2 Å². The van der Waals surface area contributed by atoms with Gasteiger partial charge in [-0.15, -0.1) is 0 Å².